The van der Waals surface area contributed by atoms with Gasteiger partial charge in [-0.15, -0.1) is 0 Å². The highest BCUT2D eigenvalue weighted by Crippen LogP contribution is 2.29. The van der Waals surface area contributed by atoms with E-state index in [9.17, 15) is 30.7 Å². The molecule has 4 nitrogen and oxygen atoms in total. The third kappa shape index (κ3) is 8.42. The zero-order valence-corrected chi connectivity index (χ0v) is 15.1. The first kappa shape index (κ1) is 22.5. The van der Waals surface area contributed by atoms with Gasteiger partial charge in [0.1, 0.15) is 17.3 Å². The molecule has 2 aromatic rings. The quantitative estimate of drug-likeness (QED) is 0.456. The van der Waals surface area contributed by atoms with Crippen LogP contribution in [0.15, 0.2) is 42.5 Å². The minimum Gasteiger partial charge on any atom is -0.484 e. The third-order valence-electron chi connectivity index (χ3n) is 3.06. The van der Waals surface area contributed by atoms with Gasteiger partial charge < -0.3 is 20.1 Å². The maximum absolute atomic E-state index is 13.6. The summed E-state index contributed by atoms with van der Waals surface area (Å²) in [6, 6.07) is 8.54. The van der Waals surface area contributed by atoms with Gasteiger partial charge in [0, 0.05) is 23.9 Å². The molecular formula is C17H13F7N2O2S. The predicted molar refractivity (Wildman–Crippen MR) is 95.8 cm³/mol. The lowest BCUT2D eigenvalue weighted by atomic mass is 10.2. The second-order valence-electron chi connectivity index (χ2n) is 5.56. The summed E-state index contributed by atoms with van der Waals surface area (Å²) in [5.41, 5.74) is -0.0151. The topological polar surface area (TPSA) is 42.5 Å². The Kier molecular flexibility index (Phi) is 7.11. The van der Waals surface area contributed by atoms with Gasteiger partial charge in [-0.2, -0.15) is 26.3 Å². The minimum absolute atomic E-state index is 0.0167. The highest BCUT2D eigenvalue weighted by atomic mass is 32.1. The van der Waals surface area contributed by atoms with Gasteiger partial charge in [0.25, 0.3) is 0 Å². The monoisotopic (exact) mass is 442 g/mol. The highest BCUT2D eigenvalue weighted by Gasteiger charge is 2.30. The maximum Gasteiger partial charge on any atom is 0.422 e. The Balaban J connectivity index is 2.17. The van der Waals surface area contributed by atoms with E-state index in [1.165, 1.54) is 24.3 Å². The second-order valence-corrected chi connectivity index (χ2v) is 5.97. The Bertz CT molecular complexity index is 820. The van der Waals surface area contributed by atoms with Crippen molar-refractivity contribution in [2.75, 3.05) is 23.8 Å². The fourth-order valence-electron chi connectivity index (χ4n) is 1.99. The van der Waals surface area contributed by atoms with Crippen molar-refractivity contribution >= 4 is 28.7 Å². The zero-order valence-electron chi connectivity index (χ0n) is 14.3. The van der Waals surface area contributed by atoms with Crippen LogP contribution in [0.2, 0.25) is 0 Å². The van der Waals surface area contributed by atoms with Gasteiger partial charge >= 0.3 is 12.4 Å². The molecule has 2 rings (SSSR count). The van der Waals surface area contributed by atoms with Gasteiger partial charge in [0.15, 0.2) is 18.3 Å². The first-order chi connectivity index (χ1) is 13.4. The van der Waals surface area contributed by atoms with Crippen LogP contribution >= 0.6 is 12.2 Å². The lowest BCUT2D eigenvalue weighted by Gasteiger charge is -2.16. The van der Waals surface area contributed by atoms with Crippen molar-refractivity contribution in [1.29, 1.82) is 0 Å². The predicted octanol–water partition coefficient (Wildman–Crippen LogP) is 5.52. The van der Waals surface area contributed by atoms with Crippen LogP contribution in [0.1, 0.15) is 0 Å². The van der Waals surface area contributed by atoms with E-state index < -0.39 is 42.9 Å². The summed E-state index contributed by atoms with van der Waals surface area (Å²) >= 11 is 4.98. The largest absolute Gasteiger partial charge is 0.484 e. The van der Waals surface area contributed by atoms with Gasteiger partial charge in [0.05, 0.1) is 5.69 Å². The molecule has 0 aliphatic heterocycles. The number of halogens is 7. The summed E-state index contributed by atoms with van der Waals surface area (Å²) in [7, 11) is 0. The van der Waals surface area contributed by atoms with Crippen molar-refractivity contribution in [3.63, 3.8) is 0 Å². The number of nitrogens with one attached hydrogen (secondary N) is 2. The van der Waals surface area contributed by atoms with Crippen molar-refractivity contribution in [3.8, 4) is 11.5 Å². The number of rotatable bonds is 6. The van der Waals surface area contributed by atoms with Crippen molar-refractivity contribution < 1.29 is 40.2 Å². The molecule has 0 heterocycles. The fourth-order valence-corrected chi connectivity index (χ4v) is 2.22. The smallest absolute Gasteiger partial charge is 0.422 e. The number of para-hydroxylation sites is 1. The van der Waals surface area contributed by atoms with E-state index in [1.807, 2.05) is 0 Å². The third-order valence-corrected chi connectivity index (χ3v) is 3.27. The number of alkyl halides is 6. The van der Waals surface area contributed by atoms with Crippen molar-refractivity contribution in [3.05, 3.63) is 48.3 Å². The second kappa shape index (κ2) is 9.16. The molecule has 0 aliphatic carbocycles. The van der Waals surface area contributed by atoms with Crippen LogP contribution in [-0.4, -0.2) is 30.7 Å². The summed E-state index contributed by atoms with van der Waals surface area (Å²) in [4.78, 5) is 0. The molecule has 0 spiro atoms. The molecule has 0 aromatic heterocycles. The van der Waals surface area contributed by atoms with Crippen molar-refractivity contribution in [2.45, 2.75) is 12.4 Å². The van der Waals surface area contributed by atoms with E-state index in [-0.39, 0.29) is 16.5 Å². The molecule has 0 aliphatic rings. The average molecular weight is 442 g/mol. The van der Waals surface area contributed by atoms with Gasteiger partial charge in [-0.25, -0.2) is 4.39 Å². The highest BCUT2D eigenvalue weighted by molar-refractivity contribution is 7.80. The Morgan fingerprint density at radius 2 is 1.34 bits per heavy atom. The fraction of sp³-hybridized carbons (Fsp3) is 0.235. The number of hydrogen-bond acceptors (Lipinski definition) is 3. The molecule has 12 heteroatoms. The minimum atomic E-state index is -4.65. The molecule has 2 N–H and O–H groups in total. The first-order valence-electron chi connectivity index (χ1n) is 7.78. The number of anilines is 2. The van der Waals surface area contributed by atoms with Gasteiger partial charge in [-0.1, -0.05) is 12.1 Å². The summed E-state index contributed by atoms with van der Waals surface area (Å²) in [6.45, 7) is -3.32. The van der Waals surface area contributed by atoms with Crippen molar-refractivity contribution in [1.82, 2.24) is 0 Å². The molecule has 2 aromatic carbocycles. The summed E-state index contributed by atoms with van der Waals surface area (Å²) in [5.74, 6) is -1.43. The molecule has 0 bridgehead atoms. The molecule has 0 atom stereocenters. The van der Waals surface area contributed by atoms with E-state index in [0.717, 1.165) is 18.2 Å². The summed E-state index contributed by atoms with van der Waals surface area (Å²) in [6.07, 6.45) is -9.31. The summed E-state index contributed by atoms with van der Waals surface area (Å²) in [5, 5.41) is 4.88. The number of thiocarbonyl (C=S) groups is 1. The number of hydrogen-bond donors (Lipinski definition) is 2. The molecule has 0 unspecified atom stereocenters. The summed E-state index contributed by atoms with van der Waals surface area (Å²) < 4.78 is 96.8. The van der Waals surface area contributed by atoms with E-state index in [1.54, 1.807) is 0 Å². The van der Waals surface area contributed by atoms with E-state index >= 15 is 0 Å². The number of benzene rings is 2. The molecular weight excluding hydrogens is 429 g/mol. The number of ether oxygens (including phenoxy) is 2. The van der Waals surface area contributed by atoms with Crippen LogP contribution in [0.5, 0.6) is 11.5 Å². The molecule has 0 saturated heterocycles. The molecule has 0 saturated carbocycles. The van der Waals surface area contributed by atoms with E-state index in [0.29, 0.717) is 0 Å². The molecule has 29 heavy (non-hydrogen) atoms. The lowest BCUT2D eigenvalue weighted by molar-refractivity contribution is -0.153. The van der Waals surface area contributed by atoms with Crippen LogP contribution in [0.4, 0.5) is 42.1 Å². The molecule has 0 radical (unpaired) electrons. The van der Waals surface area contributed by atoms with Crippen LogP contribution in [-0.2, 0) is 0 Å². The van der Waals surface area contributed by atoms with Crippen LogP contribution in [0.25, 0.3) is 0 Å². The Labute approximate surface area is 165 Å². The Morgan fingerprint density at radius 1 is 0.828 bits per heavy atom. The van der Waals surface area contributed by atoms with Crippen LogP contribution < -0.4 is 20.1 Å². The Morgan fingerprint density at radius 3 is 1.83 bits per heavy atom. The van der Waals surface area contributed by atoms with E-state index in [2.05, 4.69) is 20.1 Å². The molecule has 0 amide bonds. The first-order valence-corrected chi connectivity index (χ1v) is 8.19. The van der Waals surface area contributed by atoms with Gasteiger partial charge in [-0.3, -0.25) is 0 Å². The Hall–Kier alpha value is -2.76. The lowest BCUT2D eigenvalue weighted by Crippen LogP contribution is -2.21. The van der Waals surface area contributed by atoms with Crippen molar-refractivity contribution in [2.24, 2.45) is 0 Å². The van der Waals surface area contributed by atoms with Gasteiger partial charge in [-0.05, 0) is 24.4 Å². The SMILES string of the molecule is Fc1ccccc1NC(=S)Nc1cc(OCC(F)(F)F)cc(OCC(F)(F)F)c1. The van der Waals surface area contributed by atoms with E-state index in [4.69, 9.17) is 12.2 Å². The maximum atomic E-state index is 13.6. The molecule has 0 fully saturated rings. The van der Waals surface area contributed by atoms with Gasteiger partial charge in [0.2, 0.25) is 0 Å². The molecule has 158 valence electrons. The normalized spacial score (nSPS) is 11.7. The van der Waals surface area contributed by atoms with Crippen LogP contribution in [0.3, 0.4) is 0 Å². The average Bonchev–Trinajstić information content (AvgIpc) is 2.59. The van der Waals surface area contributed by atoms with Crippen LogP contribution in [0, 0.1) is 5.82 Å². The zero-order chi connectivity index (χ0) is 21.7. The standard InChI is InChI=1S/C17H13F7N2O2S/c18-13-3-1-2-4-14(13)26-15(29)25-10-5-11(27-8-16(19,20)21)7-12(6-10)28-9-17(22,23)24/h1-7H,8-9H2,(H2,25,26,29).